The first-order chi connectivity index (χ1) is 14.9. The van der Waals surface area contributed by atoms with Crippen LogP contribution in [0.25, 0.3) is 0 Å². The maximum absolute atomic E-state index is 10.5. The van der Waals surface area contributed by atoms with E-state index in [0.29, 0.717) is 32.3 Å². The fourth-order valence-corrected chi connectivity index (χ4v) is 4.31. The average Bonchev–Trinajstić information content (AvgIpc) is 2.74. The molecule has 3 rings (SSSR count). The number of aliphatic hydroxyl groups is 2. The SMILES string of the molecule is Cc1ccccc1OC[C@@H](O)C[NH+]1CC[NH+](C[C@@H](O)COc2ccccc2C)C[C@H]1C. The lowest BCUT2D eigenvalue weighted by atomic mass is 10.1. The van der Waals surface area contributed by atoms with Crippen LogP contribution in [-0.2, 0) is 0 Å². The minimum Gasteiger partial charge on any atom is -0.490 e. The first-order valence-corrected chi connectivity index (χ1v) is 11.3. The Morgan fingerprint density at radius 2 is 1.35 bits per heavy atom. The monoisotopic (exact) mass is 430 g/mol. The van der Waals surface area contributed by atoms with Gasteiger partial charge in [0.2, 0.25) is 0 Å². The van der Waals surface area contributed by atoms with Crippen molar-refractivity contribution in [3.8, 4) is 11.5 Å². The summed E-state index contributed by atoms with van der Waals surface area (Å²) < 4.78 is 11.6. The van der Waals surface area contributed by atoms with Crippen LogP contribution in [0, 0.1) is 13.8 Å². The van der Waals surface area contributed by atoms with Gasteiger partial charge in [0.1, 0.15) is 75.7 Å². The first kappa shape index (κ1) is 23.5. The molecule has 0 aromatic heterocycles. The van der Waals surface area contributed by atoms with E-state index in [1.54, 1.807) is 0 Å². The summed E-state index contributed by atoms with van der Waals surface area (Å²) in [6.07, 6.45) is -0.983. The number of hydrogen-bond acceptors (Lipinski definition) is 4. The lowest BCUT2D eigenvalue weighted by Crippen LogP contribution is -3.31. The molecule has 0 spiro atoms. The number of nitrogens with one attached hydrogen (secondary N) is 2. The van der Waals surface area contributed by atoms with Crippen molar-refractivity contribution in [2.24, 2.45) is 0 Å². The van der Waals surface area contributed by atoms with Crippen molar-refractivity contribution in [3.05, 3.63) is 59.7 Å². The second-order valence-electron chi connectivity index (χ2n) is 8.88. The van der Waals surface area contributed by atoms with Crippen LogP contribution in [0.4, 0.5) is 0 Å². The second kappa shape index (κ2) is 11.5. The Labute approximate surface area is 186 Å². The summed E-state index contributed by atoms with van der Waals surface area (Å²) in [5, 5.41) is 20.9. The van der Waals surface area contributed by atoms with Gasteiger partial charge in [-0.3, -0.25) is 0 Å². The topological polar surface area (TPSA) is 67.8 Å². The van der Waals surface area contributed by atoms with E-state index in [0.717, 1.165) is 42.3 Å². The Kier molecular flexibility index (Phi) is 8.72. The molecule has 31 heavy (non-hydrogen) atoms. The molecule has 1 saturated heterocycles. The third-order valence-corrected chi connectivity index (χ3v) is 6.16. The van der Waals surface area contributed by atoms with Crippen LogP contribution in [0.15, 0.2) is 48.5 Å². The molecule has 1 fully saturated rings. The van der Waals surface area contributed by atoms with Crippen molar-refractivity contribution < 1.29 is 29.5 Å². The highest BCUT2D eigenvalue weighted by atomic mass is 16.5. The lowest BCUT2D eigenvalue weighted by Gasteiger charge is -2.36. The lowest BCUT2D eigenvalue weighted by molar-refractivity contribution is -1.03. The molecule has 6 nitrogen and oxygen atoms in total. The van der Waals surface area contributed by atoms with Crippen LogP contribution < -0.4 is 19.3 Å². The molecule has 5 atom stereocenters. The second-order valence-corrected chi connectivity index (χ2v) is 8.88. The first-order valence-electron chi connectivity index (χ1n) is 11.3. The third-order valence-electron chi connectivity index (χ3n) is 6.16. The molecule has 0 aliphatic carbocycles. The number of para-hydroxylation sites is 2. The summed E-state index contributed by atoms with van der Waals surface area (Å²) in [6.45, 7) is 11.2. The fourth-order valence-electron chi connectivity index (χ4n) is 4.31. The Hall–Kier alpha value is -2.12. The van der Waals surface area contributed by atoms with E-state index >= 15 is 0 Å². The molecule has 2 aromatic rings. The maximum atomic E-state index is 10.5. The molecule has 0 radical (unpaired) electrons. The van der Waals surface area contributed by atoms with Crippen LogP contribution in [-0.4, -0.2) is 74.4 Å². The van der Waals surface area contributed by atoms with Crippen LogP contribution in [0.2, 0.25) is 0 Å². The number of hydrogen-bond donors (Lipinski definition) is 4. The van der Waals surface area contributed by atoms with E-state index < -0.39 is 12.2 Å². The normalized spacial score (nSPS) is 23.2. The van der Waals surface area contributed by atoms with Gasteiger partial charge in [-0.15, -0.1) is 0 Å². The minimum atomic E-state index is -0.494. The van der Waals surface area contributed by atoms with Crippen LogP contribution in [0.1, 0.15) is 18.1 Å². The van der Waals surface area contributed by atoms with Crippen LogP contribution in [0.5, 0.6) is 11.5 Å². The van der Waals surface area contributed by atoms with E-state index in [1.165, 1.54) is 9.80 Å². The number of aryl methyl sites for hydroxylation is 2. The number of quaternary nitrogens is 2. The van der Waals surface area contributed by atoms with Gasteiger partial charge in [0.15, 0.2) is 0 Å². The van der Waals surface area contributed by atoms with Crippen molar-refractivity contribution >= 4 is 0 Å². The van der Waals surface area contributed by atoms with Gasteiger partial charge in [-0.2, -0.15) is 0 Å². The minimum absolute atomic E-state index is 0.312. The van der Waals surface area contributed by atoms with Gasteiger partial charge in [0.05, 0.1) is 0 Å². The molecular formula is C25H38N2O4+2. The molecule has 1 aliphatic heterocycles. The maximum Gasteiger partial charge on any atom is 0.137 e. The summed E-state index contributed by atoms with van der Waals surface area (Å²) in [6, 6.07) is 16.2. The average molecular weight is 431 g/mol. The number of ether oxygens (including phenoxy) is 2. The third kappa shape index (κ3) is 7.21. The zero-order valence-corrected chi connectivity index (χ0v) is 19.0. The fraction of sp³-hybridized carbons (Fsp3) is 0.520. The predicted molar refractivity (Wildman–Crippen MR) is 121 cm³/mol. The Morgan fingerprint density at radius 1 is 0.839 bits per heavy atom. The molecule has 4 N–H and O–H groups in total. The van der Waals surface area contributed by atoms with Crippen molar-refractivity contribution in [1.82, 2.24) is 0 Å². The zero-order chi connectivity index (χ0) is 22.2. The molecule has 170 valence electrons. The molecule has 2 aromatic carbocycles. The summed E-state index contributed by atoms with van der Waals surface area (Å²) in [7, 11) is 0. The van der Waals surface area contributed by atoms with Crippen LogP contribution >= 0.6 is 0 Å². The Morgan fingerprint density at radius 3 is 1.87 bits per heavy atom. The van der Waals surface area contributed by atoms with E-state index in [-0.39, 0.29) is 0 Å². The molecule has 1 heterocycles. The quantitative estimate of drug-likeness (QED) is 0.416. The molecular weight excluding hydrogens is 392 g/mol. The molecule has 0 saturated carbocycles. The van der Waals surface area contributed by atoms with Gasteiger partial charge in [0, 0.05) is 0 Å². The molecule has 0 bridgehead atoms. The van der Waals surface area contributed by atoms with Gasteiger partial charge in [-0.25, -0.2) is 0 Å². The summed E-state index contributed by atoms with van der Waals surface area (Å²) >= 11 is 0. The van der Waals surface area contributed by atoms with Gasteiger partial charge in [-0.1, -0.05) is 36.4 Å². The summed E-state index contributed by atoms with van der Waals surface area (Å²) in [5.74, 6) is 1.67. The Balaban J connectivity index is 1.37. The highest BCUT2D eigenvalue weighted by molar-refractivity contribution is 5.32. The largest absolute Gasteiger partial charge is 0.490 e. The number of benzene rings is 2. The van der Waals surface area contributed by atoms with Gasteiger partial charge in [0.25, 0.3) is 0 Å². The van der Waals surface area contributed by atoms with Gasteiger partial charge >= 0.3 is 0 Å². The molecule has 2 unspecified atom stereocenters. The number of aliphatic hydroxyl groups excluding tert-OH is 2. The Bertz CT molecular complexity index is 816. The summed E-state index contributed by atoms with van der Waals surface area (Å²) in [5.41, 5.74) is 2.16. The van der Waals surface area contributed by atoms with Crippen molar-refractivity contribution in [2.45, 2.75) is 39.0 Å². The van der Waals surface area contributed by atoms with Crippen molar-refractivity contribution in [2.75, 3.05) is 45.9 Å². The van der Waals surface area contributed by atoms with E-state index in [2.05, 4.69) is 6.92 Å². The highest BCUT2D eigenvalue weighted by Gasteiger charge is 2.32. The molecule has 0 amide bonds. The molecule has 1 aliphatic rings. The summed E-state index contributed by atoms with van der Waals surface area (Å²) in [4.78, 5) is 2.79. The smallest absolute Gasteiger partial charge is 0.137 e. The van der Waals surface area contributed by atoms with Crippen LogP contribution in [0.3, 0.4) is 0 Å². The standard InChI is InChI=1S/C25H36N2O4/c1-19-8-4-6-10-24(19)30-17-22(28)15-26-12-13-27(21(3)14-26)16-23(29)18-31-25-11-7-5-9-20(25)2/h4-11,21-23,28-29H,12-18H2,1-3H3/p+2/t21-,22-,23+/m1/s1. The predicted octanol–water partition coefficient (Wildman–Crippen LogP) is -0.345. The van der Waals surface area contributed by atoms with Crippen molar-refractivity contribution in [1.29, 1.82) is 0 Å². The zero-order valence-electron chi connectivity index (χ0n) is 19.0. The highest BCUT2D eigenvalue weighted by Crippen LogP contribution is 2.16. The van der Waals surface area contributed by atoms with E-state index in [4.69, 9.17) is 9.47 Å². The van der Waals surface area contributed by atoms with Crippen molar-refractivity contribution in [3.63, 3.8) is 0 Å². The number of rotatable bonds is 10. The molecule has 6 heteroatoms. The van der Waals surface area contributed by atoms with Gasteiger partial charge in [-0.05, 0) is 44.0 Å². The van der Waals surface area contributed by atoms with Gasteiger partial charge < -0.3 is 29.5 Å². The number of piperazine rings is 1. The van der Waals surface area contributed by atoms with E-state index in [9.17, 15) is 10.2 Å². The van der Waals surface area contributed by atoms with E-state index in [1.807, 2.05) is 62.4 Å².